The van der Waals surface area contributed by atoms with Crippen LogP contribution < -0.4 is 10.6 Å². The molecule has 7 nitrogen and oxygen atoms in total. The highest BCUT2D eigenvalue weighted by atomic mass is 16.5. The topological polar surface area (TPSA) is 102 Å². The van der Waals surface area contributed by atoms with Crippen molar-refractivity contribution in [2.24, 2.45) is 5.41 Å². The average molecular weight is 408 g/mol. The van der Waals surface area contributed by atoms with Gasteiger partial charge in [-0.15, -0.1) is 0 Å². The number of hydrogen-bond donors (Lipinski definition) is 2. The monoisotopic (exact) mass is 408 g/mol. The molecule has 7 heteroatoms. The third kappa shape index (κ3) is 4.10. The van der Waals surface area contributed by atoms with Gasteiger partial charge < -0.3 is 15.4 Å². The zero-order valence-corrected chi connectivity index (χ0v) is 17.2. The van der Waals surface area contributed by atoms with E-state index < -0.39 is 11.4 Å². The van der Waals surface area contributed by atoms with E-state index in [2.05, 4.69) is 10.6 Å². The van der Waals surface area contributed by atoms with Crippen molar-refractivity contribution in [2.75, 3.05) is 18.5 Å². The van der Waals surface area contributed by atoms with E-state index in [9.17, 15) is 19.2 Å². The van der Waals surface area contributed by atoms with E-state index in [1.807, 2.05) is 6.92 Å². The summed E-state index contributed by atoms with van der Waals surface area (Å²) < 4.78 is 5.18. The number of rotatable bonds is 6. The maximum absolute atomic E-state index is 12.9. The molecule has 0 spiro atoms. The van der Waals surface area contributed by atoms with Crippen molar-refractivity contribution in [3.8, 4) is 0 Å². The first-order valence-corrected chi connectivity index (χ1v) is 9.79. The molecule has 30 heavy (non-hydrogen) atoms. The number of carbonyl (C=O) groups is 4. The molecule has 0 saturated carbocycles. The summed E-state index contributed by atoms with van der Waals surface area (Å²) in [6, 6.07) is 10.8. The lowest BCUT2D eigenvalue weighted by Gasteiger charge is -2.21. The highest BCUT2D eigenvalue weighted by Crippen LogP contribution is 2.31. The van der Waals surface area contributed by atoms with Crippen LogP contribution in [-0.4, -0.2) is 36.7 Å². The van der Waals surface area contributed by atoms with Crippen LogP contribution in [0.5, 0.6) is 0 Å². The number of nitrogens with one attached hydrogen (secondary N) is 2. The van der Waals surface area contributed by atoms with Gasteiger partial charge in [-0.25, -0.2) is 4.79 Å². The van der Waals surface area contributed by atoms with Crippen molar-refractivity contribution >= 4 is 29.3 Å². The minimum atomic E-state index is -0.575. The van der Waals surface area contributed by atoms with Gasteiger partial charge in [0.15, 0.2) is 11.6 Å². The summed E-state index contributed by atoms with van der Waals surface area (Å²) in [4.78, 5) is 49.9. The van der Waals surface area contributed by atoms with Crippen molar-refractivity contribution in [2.45, 2.75) is 27.2 Å². The summed E-state index contributed by atoms with van der Waals surface area (Å²) in [5.41, 5.74) is 0.777. The molecular weight excluding hydrogens is 384 g/mol. The Hall–Kier alpha value is -3.48. The van der Waals surface area contributed by atoms with Gasteiger partial charge >= 0.3 is 12.0 Å². The zero-order chi connectivity index (χ0) is 21.9. The zero-order valence-electron chi connectivity index (χ0n) is 17.2. The molecular formula is C23H24N2O5. The van der Waals surface area contributed by atoms with Gasteiger partial charge in [0.2, 0.25) is 0 Å². The number of ether oxygens (including phenoxy) is 1. The summed E-state index contributed by atoms with van der Waals surface area (Å²) in [5, 5.41) is 5.20. The molecule has 0 aliphatic heterocycles. The van der Waals surface area contributed by atoms with Crippen molar-refractivity contribution in [3.63, 3.8) is 0 Å². The Labute approximate surface area is 174 Å². The molecule has 0 unspecified atom stereocenters. The number of anilines is 1. The Morgan fingerprint density at radius 1 is 0.933 bits per heavy atom. The highest BCUT2D eigenvalue weighted by molar-refractivity contribution is 6.30. The maximum atomic E-state index is 12.9. The normalized spacial score (nSPS) is 12.6. The van der Waals surface area contributed by atoms with Crippen molar-refractivity contribution in [1.82, 2.24) is 5.32 Å². The van der Waals surface area contributed by atoms with Crippen molar-refractivity contribution < 1.29 is 23.9 Å². The quantitative estimate of drug-likeness (QED) is 0.480. The maximum Gasteiger partial charge on any atom is 0.319 e. The minimum Gasteiger partial charge on any atom is -0.463 e. The molecule has 0 bridgehead atoms. The van der Waals surface area contributed by atoms with Gasteiger partial charge in [-0.2, -0.15) is 0 Å². The first-order chi connectivity index (χ1) is 14.3. The van der Waals surface area contributed by atoms with Gasteiger partial charge in [0.05, 0.1) is 23.2 Å². The molecule has 0 atom stereocenters. The third-order valence-electron chi connectivity index (χ3n) is 5.26. The van der Waals surface area contributed by atoms with E-state index in [1.54, 1.807) is 56.3 Å². The van der Waals surface area contributed by atoms with Crippen LogP contribution in [0.4, 0.5) is 10.5 Å². The van der Waals surface area contributed by atoms with Crippen molar-refractivity contribution in [3.05, 3.63) is 64.7 Å². The van der Waals surface area contributed by atoms with Crippen LogP contribution in [0.3, 0.4) is 0 Å². The second-order valence-corrected chi connectivity index (χ2v) is 7.69. The van der Waals surface area contributed by atoms with Gasteiger partial charge in [0, 0.05) is 16.7 Å². The van der Waals surface area contributed by atoms with Crippen LogP contribution in [0.2, 0.25) is 0 Å². The summed E-state index contributed by atoms with van der Waals surface area (Å²) in [5.74, 6) is -0.895. The van der Waals surface area contributed by atoms with E-state index in [1.165, 1.54) is 0 Å². The number of fused-ring (bicyclic) bond motifs is 2. The predicted octanol–water partition coefficient (Wildman–Crippen LogP) is 3.56. The van der Waals surface area contributed by atoms with Crippen LogP contribution in [-0.2, 0) is 9.53 Å². The average Bonchev–Trinajstić information content (AvgIpc) is 2.74. The van der Waals surface area contributed by atoms with Gasteiger partial charge in [-0.1, -0.05) is 43.3 Å². The van der Waals surface area contributed by atoms with E-state index in [0.29, 0.717) is 17.5 Å². The Bertz CT molecular complexity index is 1030. The van der Waals surface area contributed by atoms with Crippen LogP contribution in [0.15, 0.2) is 42.5 Å². The molecule has 3 rings (SSSR count). The second-order valence-electron chi connectivity index (χ2n) is 7.69. The van der Waals surface area contributed by atoms with Gasteiger partial charge in [0.25, 0.3) is 0 Å². The molecule has 2 amide bonds. The molecule has 2 aromatic carbocycles. The number of carbonyl (C=O) groups excluding carboxylic acids is 4. The molecule has 0 heterocycles. The SMILES string of the molecule is CCC(C)(C)C(=O)OCCNC(=O)Nc1cccc2c1C(=O)c1ccccc1C2=O. The van der Waals surface area contributed by atoms with E-state index in [-0.39, 0.29) is 47.5 Å². The molecule has 0 fully saturated rings. The van der Waals surface area contributed by atoms with E-state index in [4.69, 9.17) is 4.74 Å². The minimum absolute atomic E-state index is 0.0351. The number of urea groups is 1. The van der Waals surface area contributed by atoms with Gasteiger partial charge in [-0.05, 0) is 26.3 Å². The van der Waals surface area contributed by atoms with Crippen LogP contribution in [0.1, 0.15) is 59.0 Å². The molecule has 2 N–H and O–H groups in total. The van der Waals surface area contributed by atoms with Gasteiger partial charge in [0.1, 0.15) is 6.61 Å². The van der Waals surface area contributed by atoms with E-state index >= 15 is 0 Å². The second kappa shape index (κ2) is 8.49. The highest BCUT2D eigenvalue weighted by Gasteiger charge is 2.31. The predicted molar refractivity (Wildman–Crippen MR) is 112 cm³/mol. The summed E-state index contributed by atoms with van der Waals surface area (Å²) >= 11 is 0. The first kappa shape index (κ1) is 21.2. The number of hydrogen-bond acceptors (Lipinski definition) is 5. The molecule has 0 saturated heterocycles. The Balaban J connectivity index is 1.66. The Morgan fingerprint density at radius 2 is 1.57 bits per heavy atom. The summed E-state index contributed by atoms with van der Waals surface area (Å²) in [6.07, 6.45) is 0.648. The molecule has 1 aliphatic rings. The third-order valence-corrected chi connectivity index (χ3v) is 5.26. The number of amides is 2. The number of benzene rings is 2. The van der Waals surface area contributed by atoms with Crippen LogP contribution in [0.25, 0.3) is 0 Å². The fraction of sp³-hybridized carbons (Fsp3) is 0.304. The van der Waals surface area contributed by atoms with Gasteiger partial charge in [-0.3, -0.25) is 14.4 Å². The lowest BCUT2D eigenvalue weighted by Crippen LogP contribution is -2.34. The van der Waals surface area contributed by atoms with Crippen molar-refractivity contribution in [1.29, 1.82) is 0 Å². The molecule has 156 valence electrons. The van der Waals surface area contributed by atoms with Crippen LogP contribution in [0, 0.1) is 5.41 Å². The molecule has 0 radical (unpaired) electrons. The Kier molecular flexibility index (Phi) is 6.01. The number of esters is 1. The lowest BCUT2D eigenvalue weighted by molar-refractivity contribution is -0.153. The lowest BCUT2D eigenvalue weighted by atomic mass is 9.83. The fourth-order valence-electron chi connectivity index (χ4n) is 3.06. The first-order valence-electron chi connectivity index (χ1n) is 9.79. The Morgan fingerprint density at radius 3 is 2.23 bits per heavy atom. The van der Waals surface area contributed by atoms with Crippen LogP contribution >= 0.6 is 0 Å². The smallest absolute Gasteiger partial charge is 0.319 e. The largest absolute Gasteiger partial charge is 0.463 e. The fourth-order valence-corrected chi connectivity index (χ4v) is 3.06. The number of ketones is 2. The summed E-state index contributed by atoms with van der Waals surface area (Å²) in [7, 11) is 0. The van der Waals surface area contributed by atoms with E-state index in [0.717, 1.165) is 0 Å². The molecule has 2 aromatic rings. The summed E-state index contributed by atoms with van der Waals surface area (Å²) in [6.45, 7) is 5.64. The molecule has 0 aromatic heterocycles. The molecule has 1 aliphatic carbocycles. The standard InChI is InChI=1S/C23H24N2O5/c1-4-23(2,3)21(28)30-13-12-24-22(29)25-17-11-7-10-16-18(17)20(27)15-9-6-5-8-14(15)19(16)26/h5-11H,4,12-13H2,1-3H3,(H2,24,25,29).